The number of aromatic nitrogens is 1. The van der Waals surface area contributed by atoms with Crippen molar-refractivity contribution in [3.63, 3.8) is 0 Å². The highest BCUT2D eigenvalue weighted by atomic mass is 16.3. The second kappa shape index (κ2) is 4.47. The Morgan fingerprint density at radius 3 is 3.00 bits per heavy atom. The fourth-order valence-corrected chi connectivity index (χ4v) is 1.76. The first-order valence-corrected chi connectivity index (χ1v) is 5.15. The van der Waals surface area contributed by atoms with Gasteiger partial charge >= 0.3 is 0 Å². The van der Waals surface area contributed by atoms with Crippen LogP contribution in [0.1, 0.15) is 5.56 Å². The second-order valence-electron chi connectivity index (χ2n) is 3.86. The standard InChI is InChI=1S/C12H16N2O/c1-14(6-7-15)9-10-2-3-12-11(8-10)4-5-13-12/h2-5,8,13,15H,6-7,9H2,1H3. The van der Waals surface area contributed by atoms with Crippen LogP contribution in [0.15, 0.2) is 30.5 Å². The maximum Gasteiger partial charge on any atom is 0.0558 e. The summed E-state index contributed by atoms with van der Waals surface area (Å²) in [6, 6.07) is 8.47. The molecular weight excluding hydrogens is 188 g/mol. The minimum atomic E-state index is 0.211. The largest absolute Gasteiger partial charge is 0.395 e. The lowest BCUT2D eigenvalue weighted by Crippen LogP contribution is -2.21. The van der Waals surface area contributed by atoms with Crippen LogP contribution in [-0.4, -0.2) is 35.2 Å². The van der Waals surface area contributed by atoms with Crippen molar-refractivity contribution < 1.29 is 5.11 Å². The molecule has 2 aromatic rings. The van der Waals surface area contributed by atoms with Gasteiger partial charge in [-0.1, -0.05) is 6.07 Å². The number of H-pyrrole nitrogens is 1. The molecule has 15 heavy (non-hydrogen) atoms. The molecule has 0 aliphatic rings. The molecule has 0 saturated heterocycles. The molecule has 0 amide bonds. The van der Waals surface area contributed by atoms with Gasteiger partial charge in [-0.2, -0.15) is 0 Å². The van der Waals surface area contributed by atoms with Crippen LogP contribution in [0.25, 0.3) is 10.9 Å². The monoisotopic (exact) mass is 204 g/mol. The normalized spacial score (nSPS) is 11.4. The number of nitrogens with zero attached hydrogens (tertiary/aromatic N) is 1. The Hall–Kier alpha value is -1.32. The van der Waals surface area contributed by atoms with E-state index < -0.39 is 0 Å². The van der Waals surface area contributed by atoms with Crippen molar-refractivity contribution in [1.29, 1.82) is 0 Å². The molecule has 80 valence electrons. The summed E-state index contributed by atoms with van der Waals surface area (Å²) >= 11 is 0. The van der Waals surface area contributed by atoms with Crippen molar-refractivity contribution in [3.8, 4) is 0 Å². The lowest BCUT2D eigenvalue weighted by molar-refractivity contribution is 0.217. The number of benzene rings is 1. The molecule has 0 bridgehead atoms. The minimum absolute atomic E-state index is 0.211. The molecule has 2 N–H and O–H groups in total. The minimum Gasteiger partial charge on any atom is -0.395 e. The summed E-state index contributed by atoms with van der Waals surface area (Å²) in [5.41, 5.74) is 2.45. The summed E-state index contributed by atoms with van der Waals surface area (Å²) in [6.45, 7) is 1.80. The van der Waals surface area contributed by atoms with Crippen LogP contribution in [-0.2, 0) is 6.54 Å². The van der Waals surface area contributed by atoms with Gasteiger partial charge in [0.1, 0.15) is 0 Å². The smallest absolute Gasteiger partial charge is 0.0558 e. The van der Waals surface area contributed by atoms with E-state index in [0.717, 1.165) is 6.54 Å². The van der Waals surface area contributed by atoms with Gasteiger partial charge in [0.2, 0.25) is 0 Å². The SMILES string of the molecule is CN(CCO)Cc1ccc2[nH]ccc2c1. The molecule has 0 saturated carbocycles. The molecule has 0 spiro atoms. The highest BCUT2D eigenvalue weighted by Crippen LogP contribution is 2.15. The van der Waals surface area contributed by atoms with Gasteiger partial charge in [-0.05, 0) is 36.2 Å². The molecular formula is C12H16N2O. The predicted molar refractivity (Wildman–Crippen MR) is 61.7 cm³/mol. The van der Waals surface area contributed by atoms with Gasteiger partial charge in [0.15, 0.2) is 0 Å². The van der Waals surface area contributed by atoms with E-state index in [9.17, 15) is 0 Å². The number of nitrogens with one attached hydrogen (secondary N) is 1. The van der Waals surface area contributed by atoms with Crippen LogP contribution in [0.5, 0.6) is 0 Å². The average Bonchev–Trinajstić information content (AvgIpc) is 2.65. The first-order chi connectivity index (χ1) is 7.29. The molecule has 3 heteroatoms. The summed E-state index contributed by atoms with van der Waals surface area (Å²) < 4.78 is 0. The number of aliphatic hydroxyl groups is 1. The first kappa shape index (κ1) is 10.2. The lowest BCUT2D eigenvalue weighted by atomic mass is 10.1. The Labute approximate surface area is 89.3 Å². The van der Waals surface area contributed by atoms with Gasteiger partial charge < -0.3 is 10.1 Å². The van der Waals surface area contributed by atoms with E-state index in [1.165, 1.54) is 16.5 Å². The van der Waals surface area contributed by atoms with Crippen molar-refractivity contribution >= 4 is 10.9 Å². The number of rotatable bonds is 4. The third-order valence-electron chi connectivity index (χ3n) is 2.55. The number of fused-ring (bicyclic) bond motifs is 1. The summed E-state index contributed by atoms with van der Waals surface area (Å²) in [6.07, 6.45) is 1.95. The zero-order valence-corrected chi connectivity index (χ0v) is 8.90. The van der Waals surface area contributed by atoms with Gasteiger partial charge in [0.25, 0.3) is 0 Å². The van der Waals surface area contributed by atoms with E-state index in [1.807, 2.05) is 13.2 Å². The number of likely N-dealkylation sites (N-methyl/N-ethyl adjacent to an activating group) is 1. The van der Waals surface area contributed by atoms with Crippen LogP contribution in [0.4, 0.5) is 0 Å². The van der Waals surface area contributed by atoms with E-state index in [4.69, 9.17) is 5.11 Å². The number of hydrogen-bond acceptors (Lipinski definition) is 2. The third kappa shape index (κ3) is 2.37. The molecule has 1 aromatic heterocycles. The second-order valence-corrected chi connectivity index (χ2v) is 3.86. The molecule has 0 fully saturated rings. The van der Waals surface area contributed by atoms with E-state index in [1.54, 1.807) is 0 Å². The average molecular weight is 204 g/mol. The molecule has 0 radical (unpaired) electrons. The van der Waals surface area contributed by atoms with E-state index in [2.05, 4.69) is 34.1 Å². The van der Waals surface area contributed by atoms with Gasteiger partial charge in [0.05, 0.1) is 6.61 Å². The lowest BCUT2D eigenvalue weighted by Gasteiger charge is -2.14. The third-order valence-corrected chi connectivity index (χ3v) is 2.55. The fourth-order valence-electron chi connectivity index (χ4n) is 1.76. The van der Waals surface area contributed by atoms with Gasteiger partial charge in [-0.3, -0.25) is 4.90 Å². The quantitative estimate of drug-likeness (QED) is 0.794. The molecule has 0 aliphatic heterocycles. The van der Waals surface area contributed by atoms with Crippen LogP contribution in [0.3, 0.4) is 0 Å². The van der Waals surface area contributed by atoms with Gasteiger partial charge in [-0.15, -0.1) is 0 Å². The van der Waals surface area contributed by atoms with Gasteiger partial charge in [0, 0.05) is 24.8 Å². The predicted octanol–water partition coefficient (Wildman–Crippen LogP) is 1.59. The first-order valence-electron chi connectivity index (χ1n) is 5.15. The van der Waals surface area contributed by atoms with Crippen molar-refractivity contribution in [2.75, 3.05) is 20.2 Å². The summed E-state index contributed by atoms with van der Waals surface area (Å²) in [7, 11) is 2.01. The van der Waals surface area contributed by atoms with E-state index in [-0.39, 0.29) is 6.61 Å². The maximum absolute atomic E-state index is 8.81. The Morgan fingerprint density at radius 2 is 2.20 bits per heavy atom. The van der Waals surface area contributed by atoms with Gasteiger partial charge in [-0.25, -0.2) is 0 Å². The zero-order chi connectivity index (χ0) is 10.7. The molecule has 2 rings (SSSR count). The summed E-state index contributed by atoms with van der Waals surface area (Å²) in [5.74, 6) is 0. The molecule has 0 unspecified atom stereocenters. The highest BCUT2D eigenvalue weighted by molar-refractivity contribution is 5.79. The highest BCUT2D eigenvalue weighted by Gasteiger charge is 2.01. The molecule has 1 heterocycles. The molecule has 1 aromatic carbocycles. The number of aromatic amines is 1. The summed E-state index contributed by atoms with van der Waals surface area (Å²) in [4.78, 5) is 5.28. The Balaban J connectivity index is 2.14. The van der Waals surface area contributed by atoms with Crippen LogP contribution in [0.2, 0.25) is 0 Å². The zero-order valence-electron chi connectivity index (χ0n) is 8.90. The molecule has 0 aliphatic carbocycles. The Bertz CT molecular complexity index is 436. The van der Waals surface area contributed by atoms with Crippen LogP contribution >= 0.6 is 0 Å². The van der Waals surface area contributed by atoms with Crippen molar-refractivity contribution in [2.45, 2.75) is 6.54 Å². The fraction of sp³-hybridized carbons (Fsp3) is 0.333. The van der Waals surface area contributed by atoms with Crippen molar-refractivity contribution in [1.82, 2.24) is 9.88 Å². The maximum atomic E-state index is 8.81. The summed E-state index contributed by atoms with van der Waals surface area (Å²) in [5, 5.41) is 10.0. The van der Waals surface area contributed by atoms with Crippen molar-refractivity contribution in [3.05, 3.63) is 36.0 Å². The molecule has 3 nitrogen and oxygen atoms in total. The van der Waals surface area contributed by atoms with E-state index in [0.29, 0.717) is 6.54 Å². The Kier molecular flexibility index (Phi) is 3.04. The Morgan fingerprint density at radius 1 is 1.33 bits per heavy atom. The van der Waals surface area contributed by atoms with Crippen LogP contribution in [0, 0.1) is 0 Å². The number of hydrogen-bond donors (Lipinski definition) is 2. The molecule has 0 atom stereocenters. The van der Waals surface area contributed by atoms with Crippen molar-refractivity contribution in [2.24, 2.45) is 0 Å². The number of aliphatic hydroxyl groups excluding tert-OH is 1. The topological polar surface area (TPSA) is 39.3 Å². The van der Waals surface area contributed by atoms with Crippen LogP contribution < -0.4 is 0 Å². The van der Waals surface area contributed by atoms with E-state index >= 15 is 0 Å².